The van der Waals surface area contributed by atoms with Gasteiger partial charge in [-0.3, -0.25) is 4.79 Å². The van der Waals surface area contributed by atoms with Crippen LogP contribution in [-0.2, 0) is 11.3 Å². The number of benzene rings is 1. The maximum atomic E-state index is 11.6. The van der Waals surface area contributed by atoms with Crippen LogP contribution in [0.25, 0.3) is 0 Å². The van der Waals surface area contributed by atoms with E-state index < -0.39 is 0 Å². The fourth-order valence-electron chi connectivity index (χ4n) is 2.39. The minimum absolute atomic E-state index is 0.215. The summed E-state index contributed by atoms with van der Waals surface area (Å²) in [7, 11) is 0. The third kappa shape index (κ3) is 2.04. The van der Waals surface area contributed by atoms with E-state index in [1.807, 2.05) is 35.8 Å². The molecule has 98 valence electrons. The number of hydrogen-bond acceptors (Lipinski definition) is 3. The molecule has 0 saturated heterocycles. The second kappa shape index (κ2) is 4.55. The Labute approximate surface area is 110 Å². The minimum atomic E-state index is -0.386. The van der Waals surface area contributed by atoms with Gasteiger partial charge in [-0.1, -0.05) is 29.8 Å². The van der Waals surface area contributed by atoms with Crippen LogP contribution in [0.15, 0.2) is 41.3 Å². The van der Waals surface area contributed by atoms with E-state index >= 15 is 0 Å². The molecule has 1 aliphatic rings. The average molecular weight is 257 g/mol. The van der Waals surface area contributed by atoms with Crippen LogP contribution >= 0.6 is 0 Å². The van der Waals surface area contributed by atoms with Crippen molar-refractivity contribution in [3.8, 4) is 5.75 Å². The Morgan fingerprint density at radius 1 is 1.26 bits per heavy atom. The zero-order valence-electron chi connectivity index (χ0n) is 10.7. The first kappa shape index (κ1) is 12.0. The number of hydrogen-bond donors (Lipinski definition) is 1. The molecule has 19 heavy (non-hydrogen) atoms. The van der Waals surface area contributed by atoms with Gasteiger partial charge in [-0.15, -0.1) is 0 Å². The van der Waals surface area contributed by atoms with Crippen molar-refractivity contribution in [2.45, 2.75) is 19.6 Å². The summed E-state index contributed by atoms with van der Waals surface area (Å²) in [5, 5.41) is 10.0. The number of nitrogens with zero attached hydrogens (tertiary/aromatic N) is 1. The van der Waals surface area contributed by atoms with E-state index in [1.54, 1.807) is 6.20 Å². The highest BCUT2D eigenvalue weighted by Crippen LogP contribution is 2.33. The van der Waals surface area contributed by atoms with Crippen LogP contribution in [0.4, 0.5) is 0 Å². The summed E-state index contributed by atoms with van der Waals surface area (Å²) in [6.07, 6.45) is 1.32. The van der Waals surface area contributed by atoms with E-state index in [1.165, 1.54) is 6.07 Å². The predicted octanol–water partition coefficient (Wildman–Crippen LogP) is 1.98. The molecular weight excluding hydrogens is 242 g/mol. The van der Waals surface area contributed by atoms with Gasteiger partial charge in [0.05, 0.1) is 12.3 Å². The van der Waals surface area contributed by atoms with Gasteiger partial charge in [0.2, 0.25) is 5.43 Å². The smallest absolute Gasteiger partial charge is 0.223 e. The second-order valence-electron chi connectivity index (χ2n) is 4.77. The Morgan fingerprint density at radius 2 is 2.00 bits per heavy atom. The van der Waals surface area contributed by atoms with Gasteiger partial charge in [0.15, 0.2) is 5.75 Å². The van der Waals surface area contributed by atoms with E-state index in [4.69, 9.17) is 4.74 Å². The van der Waals surface area contributed by atoms with Crippen LogP contribution in [0.5, 0.6) is 5.75 Å². The lowest BCUT2D eigenvalue weighted by Crippen LogP contribution is -2.26. The molecule has 1 aliphatic heterocycles. The van der Waals surface area contributed by atoms with Gasteiger partial charge in [0.1, 0.15) is 6.10 Å². The van der Waals surface area contributed by atoms with E-state index in [-0.39, 0.29) is 17.3 Å². The molecule has 1 unspecified atom stereocenters. The first-order valence-corrected chi connectivity index (χ1v) is 6.27. The van der Waals surface area contributed by atoms with Crippen LogP contribution in [-0.4, -0.2) is 16.3 Å². The number of pyridine rings is 1. The number of aromatic hydroxyl groups is 1. The molecule has 0 bridgehead atoms. The highest BCUT2D eigenvalue weighted by Gasteiger charge is 2.26. The molecule has 0 saturated carbocycles. The maximum absolute atomic E-state index is 11.6. The number of rotatable bonds is 1. The Balaban J connectivity index is 2.14. The molecule has 0 amide bonds. The molecule has 1 N–H and O–H groups in total. The summed E-state index contributed by atoms with van der Waals surface area (Å²) in [5.41, 5.74) is 2.28. The van der Waals surface area contributed by atoms with Gasteiger partial charge < -0.3 is 14.4 Å². The number of ether oxygens (including phenoxy) is 1. The fourth-order valence-corrected chi connectivity index (χ4v) is 2.39. The molecule has 4 heteroatoms. The molecule has 1 aromatic heterocycles. The quantitative estimate of drug-likeness (QED) is 0.850. The molecule has 0 radical (unpaired) electrons. The van der Waals surface area contributed by atoms with Crippen LogP contribution < -0.4 is 5.43 Å². The first-order chi connectivity index (χ1) is 9.16. The SMILES string of the molecule is Cc1ccc(C2OCCn3ccc(=O)c(O)c32)cc1. The number of aromatic nitrogens is 1. The lowest BCUT2D eigenvalue weighted by molar-refractivity contribution is 0.0428. The maximum Gasteiger partial charge on any atom is 0.223 e. The zero-order chi connectivity index (χ0) is 13.4. The second-order valence-corrected chi connectivity index (χ2v) is 4.77. The topological polar surface area (TPSA) is 51.5 Å². The summed E-state index contributed by atoms with van der Waals surface area (Å²) in [6, 6.07) is 9.31. The fraction of sp³-hybridized carbons (Fsp3) is 0.267. The molecule has 1 atom stereocenters. The average Bonchev–Trinajstić information content (AvgIpc) is 2.43. The van der Waals surface area contributed by atoms with Gasteiger partial charge >= 0.3 is 0 Å². The van der Waals surface area contributed by atoms with Crippen molar-refractivity contribution in [2.24, 2.45) is 0 Å². The van der Waals surface area contributed by atoms with Crippen LogP contribution in [0.3, 0.4) is 0 Å². The molecule has 4 nitrogen and oxygen atoms in total. The summed E-state index contributed by atoms with van der Waals surface area (Å²) < 4.78 is 7.63. The van der Waals surface area contributed by atoms with Crippen molar-refractivity contribution >= 4 is 0 Å². The summed E-state index contributed by atoms with van der Waals surface area (Å²) in [4.78, 5) is 11.6. The minimum Gasteiger partial charge on any atom is -0.503 e. The molecule has 0 aliphatic carbocycles. The predicted molar refractivity (Wildman–Crippen MR) is 71.3 cm³/mol. The molecule has 2 heterocycles. The van der Waals surface area contributed by atoms with E-state index in [0.717, 1.165) is 11.1 Å². The van der Waals surface area contributed by atoms with Crippen LogP contribution in [0.2, 0.25) is 0 Å². The van der Waals surface area contributed by atoms with E-state index in [2.05, 4.69) is 0 Å². The third-order valence-electron chi connectivity index (χ3n) is 3.44. The van der Waals surface area contributed by atoms with Crippen molar-refractivity contribution < 1.29 is 9.84 Å². The van der Waals surface area contributed by atoms with Crippen molar-refractivity contribution in [1.29, 1.82) is 0 Å². The van der Waals surface area contributed by atoms with Gasteiger partial charge in [0.25, 0.3) is 0 Å². The lowest BCUT2D eigenvalue weighted by Gasteiger charge is -2.28. The molecule has 1 aromatic carbocycles. The largest absolute Gasteiger partial charge is 0.503 e. The Morgan fingerprint density at radius 3 is 2.74 bits per heavy atom. The zero-order valence-corrected chi connectivity index (χ0v) is 10.7. The lowest BCUT2D eigenvalue weighted by atomic mass is 10.0. The van der Waals surface area contributed by atoms with Crippen LogP contribution in [0.1, 0.15) is 22.9 Å². The summed E-state index contributed by atoms with van der Waals surface area (Å²) in [5.74, 6) is -0.215. The molecule has 0 spiro atoms. The van der Waals surface area contributed by atoms with Gasteiger partial charge in [-0.2, -0.15) is 0 Å². The van der Waals surface area contributed by atoms with Gasteiger partial charge in [-0.25, -0.2) is 0 Å². The van der Waals surface area contributed by atoms with Crippen molar-refractivity contribution in [3.05, 3.63) is 63.6 Å². The highest BCUT2D eigenvalue weighted by molar-refractivity contribution is 5.37. The van der Waals surface area contributed by atoms with Crippen LogP contribution in [0, 0.1) is 6.92 Å². The first-order valence-electron chi connectivity index (χ1n) is 6.27. The summed E-state index contributed by atoms with van der Waals surface area (Å²) >= 11 is 0. The van der Waals surface area contributed by atoms with E-state index in [0.29, 0.717) is 18.8 Å². The molecule has 2 aromatic rings. The van der Waals surface area contributed by atoms with E-state index in [9.17, 15) is 9.90 Å². The van der Waals surface area contributed by atoms with Crippen molar-refractivity contribution in [1.82, 2.24) is 4.57 Å². The van der Waals surface area contributed by atoms with Crippen molar-refractivity contribution in [3.63, 3.8) is 0 Å². The Bertz CT molecular complexity index is 658. The standard InChI is InChI=1S/C15H15NO3/c1-10-2-4-11(5-3-10)15-13-14(18)12(17)6-7-16(13)8-9-19-15/h2-7,15,18H,8-9H2,1H3. The van der Waals surface area contributed by atoms with Crippen molar-refractivity contribution in [2.75, 3.05) is 6.61 Å². The highest BCUT2D eigenvalue weighted by atomic mass is 16.5. The number of fused-ring (bicyclic) bond motifs is 1. The van der Waals surface area contributed by atoms with Gasteiger partial charge in [-0.05, 0) is 12.5 Å². The van der Waals surface area contributed by atoms with Gasteiger partial charge in [0, 0.05) is 18.8 Å². The number of aryl methyl sites for hydroxylation is 1. The molecular formula is C15H15NO3. The summed E-state index contributed by atoms with van der Waals surface area (Å²) in [6.45, 7) is 3.22. The Hall–Kier alpha value is -2.07. The molecule has 3 rings (SSSR count). The molecule has 0 fully saturated rings. The monoisotopic (exact) mass is 257 g/mol. The Kier molecular flexibility index (Phi) is 2.87. The normalized spacial score (nSPS) is 18.1. The third-order valence-corrected chi connectivity index (χ3v) is 3.44.